The Hall–Kier alpha value is -0.890. The van der Waals surface area contributed by atoms with E-state index in [2.05, 4.69) is 41.5 Å². The molecule has 1 aromatic carbocycles. The number of para-hydroxylation sites is 1. The molecule has 0 aromatic heterocycles. The highest BCUT2D eigenvalue weighted by Gasteiger charge is 2.12. The second kappa shape index (κ2) is 3.23. The molecular formula is C10H11NS. The van der Waals surface area contributed by atoms with Crippen LogP contribution in [0.25, 0.3) is 0 Å². The average Bonchev–Trinajstić information content (AvgIpc) is 2.53. The standard InChI is InChI=1S/C10H11NS/c1-9-7-12-8-11(9)10-5-3-2-4-6-10/h2-7H,8H2,1H3. The zero-order chi connectivity index (χ0) is 8.39. The minimum Gasteiger partial charge on any atom is -0.335 e. The lowest BCUT2D eigenvalue weighted by atomic mass is 10.3. The van der Waals surface area contributed by atoms with Crippen molar-refractivity contribution in [3.8, 4) is 0 Å². The highest BCUT2D eigenvalue weighted by molar-refractivity contribution is 8.02. The Morgan fingerprint density at radius 1 is 1.25 bits per heavy atom. The number of benzene rings is 1. The van der Waals surface area contributed by atoms with Gasteiger partial charge in [-0.15, -0.1) is 11.8 Å². The van der Waals surface area contributed by atoms with E-state index in [0.29, 0.717) is 0 Å². The maximum absolute atomic E-state index is 2.31. The molecule has 2 rings (SSSR count). The molecule has 0 saturated heterocycles. The monoisotopic (exact) mass is 177 g/mol. The molecule has 0 fully saturated rings. The average molecular weight is 177 g/mol. The molecule has 0 spiro atoms. The summed E-state index contributed by atoms with van der Waals surface area (Å²) in [7, 11) is 0. The van der Waals surface area contributed by atoms with Crippen LogP contribution in [0.5, 0.6) is 0 Å². The van der Waals surface area contributed by atoms with Gasteiger partial charge in [-0.05, 0) is 24.5 Å². The van der Waals surface area contributed by atoms with Gasteiger partial charge in [-0.3, -0.25) is 0 Å². The van der Waals surface area contributed by atoms with Crippen molar-refractivity contribution in [3.63, 3.8) is 0 Å². The third kappa shape index (κ3) is 1.34. The molecule has 12 heavy (non-hydrogen) atoms. The molecule has 2 heteroatoms. The molecule has 0 amide bonds. The van der Waals surface area contributed by atoms with Crippen LogP contribution >= 0.6 is 11.8 Å². The van der Waals surface area contributed by atoms with E-state index >= 15 is 0 Å². The van der Waals surface area contributed by atoms with Crippen LogP contribution in [0.2, 0.25) is 0 Å². The summed E-state index contributed by atoms with van der Waals surface area (Å²) >= 11 is 1.85. The van der Waals surface area contributed by atoms with Crippen molar-refractivity contribution in [1.82, 2.24) is 0 Å². The van der Waals surface area contributed by atoms with Crippen molar-refractivity contribution in [2.45, 2.75) is 6.92 Å². The van der Waals surface area contributed by atoms with Crippen molar-refractivity contribution in [3.05, 3.63) is 41.4 Å². The minimum absolute atomic E-state index is 1.05. The molecule has 0 saturated carbocycles. The van der Waals surface area contributed by atoms with Gasteiger partial charge in [0.25, 0.3) is 0 Å². The summed E-state index contributed by atoms with van der Waals surface area (Å²) in [6.45, 7) is 2.15. The normalized spacial score (nSPS) is 16.4. The number of hydrogen-bond acceptors (Lipinski definition) is 2. The molecule has 62 valence electrons. The maximum Gasteiger partial charge on any atom is 0.0726 e. The van der Waals surface area contributed by atoms with Crippen molar-refractivity contribution in [1.29, 1.82) is 0 Å². The summed E-state index contributed by atoms with van der Waals surface area (Å²) in [4.78, 5) is 2.31. The van der Waals surface area contributed by atoms with Gasteiger partial charge < -0.3 is 4.90 Å². The van der Waals surface area contributed by atoms with Gasteiger partial charge in [0.05, 0.1) is 5.88 Å². The van der Waals surface area contributed by atoms with Crippen LogP contribution in [0.4, 0.5) is 5.69 Å². The van der Waals surface area contributed by atoms with Crippen LogP contribution in [0.15, 0.2) is 41.4 Å². The van der Waals surface area contributed by atoms with Gasteiger partial charge >= 0.3 is 0 Å². The molecule has 0 unspecified atom stereocenters. The summed E-state index contributed by atoms with van der Waals surface area (Å²) in [5, 5.41) is 2.20. The lowest BCUT2D eigenvalue weighted by Crippen LogP contribution is -2.15. The largest absolute Gasteiger partial charge is 0.335 e. The van der Waals surface area contributed by atoms with Gasteiger partial charge in [-0.25, -0.2) is 0 Å². The molecule has 0 atom stereocenters. The zero-order valence-corrected chi connectivity index (χ0v) is 7.84. The first-order valence-electron chi connectivity index (χ1n) is 3.99. The van der Waals surface area contributed by atoms with Gasteiger partial charge in [-0.2, -0.15) is 0 Å². The molecule has 1 aliphatic rings. The van der Waals surface area contributed by atoms with Crippen molar-refractivity contribution in [2.75, 3.05) is 10.8 Å². The van der Waals surface area contributed by atoms with E-state index in [-0.39, 0.29) is 0 Å². The van der Waals surface area contributed by atoms with Crippen molar-refractivity contribution in [2.24, 2.45) is 0 Å². The Labute approximate surface area is 77.1 Å². The molecule has 1 heterocycles. The van der Waals surface area contributed by atoms with E-state index in [0.717, 1.165) is 5.88 Å². The van der Waals surface area contributed by atoms with Gasteiger partial charge in [-0.1, -0.05) is 18.2 Å². The van der Waals surface area contributed by atoms with E-state index in [1.807, 2.05) is 17.8 Å². The van der Waals surface area contributed by atoms with E-state index in [4.69, 9.17) is 0 Å². The summed E-state index contributed by atoms with van der Waals surface area (Å²) in [5.74, 6) is 1.05. The van der Waals surface area contributed by atoms with Crippen LogP contribution in [-0.4, -0.2) is 5.88 Å². The fourth-order valence-corrected chi connectivity index (χ4v) is 2.23. The third-order valence-corrected chi connectivity index (χ3v) is 2.87. The molecular weight excluding hydrogens is 166 g/mol. The molecule has 1 nitrogen and oxygen atoms in total. The van der Waals surface area contributed by atoms with E-state index in [9.17, 15) is 0 Å². The Kier molecular flexibility index (Phi) is 2.09. The molecule has 0 radical (unpaired) electrons. The third-order valence-electron chi connectivity index (χ3n) is 1.95. The Morgan fingerprint density at radius 2 is 2.00 bits per heavy atom. The van der Waals surface area contributed by atoms with Crippen LogP contribution in [0.3, 0.4) is 0 Å². The molecule has 0 N–H and O–H groups in total. The number of thioether (sulfide) groups is 1. The van der Waals surface area contributed by atoms with Gasteiger partial charge in [0, 0.05) is 11.4 Å². The number of anilines is 1. The summed E-state index contributed by atoms with van der Waals surface area (Å²) in [6, 6.07) is 10.5. The minimum atomic E-state index is 1.05. The number of nitrogens with zero attached hydrogens (tertiary/aromatic N) is 1. The predicted molar refractivity (Wildman–Crippen MR) is 55.1 cm³/mol. The fourth-order valence-electron chi connectivity index (χ4n) is 1.28. The molecule has 1 aromatic rings. The lowest BCUT2D eigenvalue weighted by Gasteiger charge is -2.18. The van der Waals surface area contributed by atoms with E-state index < -0.39 is 0 Å². The highest BCUT2D eigenvalue weighted by Crippen LogP contribution is 2.28. The second-order valence-corrected chi connectivity index (χ2v) is 3.65. The summed E-state index contributed by atoms with van der Waals surface area (Å²) < 4.78 is 0. The quantitative estimate of drug-likeness (QED) is 0.648. The van der Waals surface area contributed by atoms with Crippen LogP contribution in [0.1, 0.15) is 6.92 Å². The van der Waals surface area contributed by atoms with Crippen LogP contribution < -0.4 is 4.90 Å². The number of allylic oxidation sites excluding steroid dienone is 1. The second-order valence-electron chi connectivity index (χ2n) is 2.82. The number of hydrogen-bond donors (Lipinski definition) is 0. The Bertz CT molecular complexity index is 292. The SMILES string of the molecule is CC1=CSCN1c1ccccc1. The maximum atomic E-state index is 2.31. The van der Waals surface area contributed by atoms with Crippen molar-refractivity contribution >= 4 is 17.4 Å². The van der Waals surface area contributed by atoms with E-state index in [1.54, 1.807) is 0 Å². The van der Waals surface area contributed by atoms with Gasteiger partial charge in [0.1, 0.15) is 0 Å². The molecule has 0 aliphatic carbocycles. The molecule has 1 aliphatic heterocycles. The number of rotatable bonds is 1. The predicted octanol–water partition coefficient (Wildman–Crippen LogP) is 3.06. The topological polar surface area (TPSA) is 3.24 Å². The zero-order valence-electron chi connectivity index (χ0n) is 7.03. The lowest BCUT2D eigenvalue weighted by molar-refractivity contribution is 1.09. The van der Waals surface area contributed by atoms with Gasteiger partial charge in [0.15, 0.2) is 0 Å². The van der Waals surface area contributed by atoms with Gasteiger partial charge in [0.2, 0.25) is 0 Å². The first kappa shape index (κ1) is 7.74. The van der Waals surface area contributed by atoms with Crippen LogP contribution in [-0.2, 0) is 0 Å². The van der Waals surface area contributed by atoms with E-state index in [1.165, 1.54) is 11.4 Å². The smallest absolute Gasteiger partial charge is 0.0726 e. The highest BCUT2D eigenvalue weighted by atomic mass is 32.2. The Morgan fingerprint density at radius 3 is 2.58 bits per heavy atom. The Balaban J connectivity index is 2.27. The summed E-state index contributed by atoms with van der Waals surface area (Å²) in [6.07, 6.45) is 0. The van der Waals surface area contributed by atoms with Crippen molar-refractivity contribution < 1.29 is 0 Å². The fraction of sp³-hybridized carbons (Fsp3) is 0.200. The first-order chi connectivity index (χ1) is 5.88. The summed E-state index contributed by atoms with van der Waals surface area (Å²) in [5.41, 5.74) is 2.63. The first-order valence-corrected chi connectivity index (χ1v) is 5.04. The van der Waals surface area contributed by atoms with Crippen LogP contribution in [0, 0.1) is 0 Å². The molecule has 0 bridgehead atoms.